The Balaban J connectivity index is 2.05. The number of benzene rings is 1. The van der Waals surface area contributed by atoms with Crippen molar-refractivity contribution >= 4 is 39.9 Å². The van der Waals surface area contributed by atoms with Gasteiger partial charge in [-0.2, -0.15) is 0 Å². The minimum atomic E-state index is -0.0616. The van der Waals surface area contributed by atoms with E-state index >= 15 is 0 Å². The number of thioether (sulfide) groups is 1. The van der Waals surface area contributed by atoms with Crippen molar-refractivity contribution in [3.05, 3.63) is 39.2 Å². The first-order chi connectivity index (χ1) is 12.2. The first-order valence-electron chi connectivity index (χ1n) is 8.67. The van der Waals surface area contributed by atoms with Gasteiger partial charge in [0.1, 0.15) is 0 Å². The lowest BCUT2D eigenvalue weighted by Gasteiger charge is -2.20. The van der Waals surface area contributed by atoms with E-state index in [1.807, 2.05) is 52.0 Å². The summed E-state index contributed by atoms with van der Waals surface area (Å²) in [6, 6.07) is 5.96. The second kappa shape index (κ2) is 6.79. The van der Waals surface area contributed by atoms with Crippen molar-refractivity contribution in [2.75, 3.05) is 0 Å². The molecule has 0 N–H and O–H groups in total. The van der Waals surface area contributed by atoms with Gasteiger partial charge in [0, 0.05) is 26.2 Å². The molecule has 6 nitrogen and oxygen atoms in total. The van der Waals surface area contributed by atoms with Crippen LogP contribution in [0, 0.1) is 0 Å². The monoisotopic (exact) mass is 372 g/mol. The van der Waals surface area contributed by atoms with Crippen LogP contribution in [0.3, 0.4) is 0 Å². The maximum absolute atomic E-state index is 12.8. The Morgan fingerprint density at radius 1 is 1.04 bits per heavy atom. The van der Waals surface area contributed by atoms with E-state index in [4.69, 9.17) is 0 Å². The van der Waals surface area contributed by atoms with Crippen LogP contribution >= 0.6 is 11.8 Å². The number of aromatic nitrogens is 2. The van der Waals surface area contributed by atoms with Crippen LogP contribution < -0.4 is 5.69 Å². The Labute approximate surface area is 157 Å². The topological polar surface area (TPSA) is 59.6 Å². The fraction of sp³-hybridized carbons (Fsp3) is 0.421. The van der Waals surface area contributed by atoms with Crippen LogP contribution in [-0.4, -0.2) is 37.2 Å². The molecule has 3 rings (SSSR count). The number of amidine groups is 1. The van der Waals surface area contributed by atoms with E-state index in [0.29, 0.717) is 4.91 Å². The van der Waals surface area contributed by atoms with Crippen molar-refractivity contribution in [3.8, 4) is 0 Å². The number of amides is 1. The lowest BCUT2D eigenvalue weighted by molar-refractivity contribution is -0.123. The molecule has 1 saturated heterocycles. The van der Waals surface area contributed by atoms with Gasteiger partial charge in [0.25, 0.3) is 5.91 Å². The fourth-order valence-corrected chi connectivity index (χ4v) is 4.25. The first kappa shape index (κ1) is 18.5. The Hall–Kier alpha value is -2.28. The molecular formula is C19H24N4O2S. The summed E-state index contributed by atoms with van der Waals surface area (Å²) in [4.78, 5) is 31.9. The summed E-state index contributed by atoms with van der Waals surface area (Å²) in [5.41, 5.74) is 2.55. The predicted molar refractivity (Wildman–Crippen MR) is 108 cm³/mol. The lowest BCUT2D eigenvalue weighted by atomic mass is 10.1. The van der Waals surface area contributed by atoms with Crippen molar-refractivity contribution in [2.24, 2.45) is 19.1 Å². The van der Waals surface area contributed by atoms with Crippen molar-refractivity contribution in [2.45, 2.75) is 39.8 Å². The minimum Gasteiger partial charge on any atom is -0.295 e. The number of aryl methyl sites for hydroxylation is 2. The molecule has 0 saturated carbocycles. The van der Waals surface area contributed by atoms with E-state index in [1.54, 1.807) is 28.1 Å². The van der Waals surface area contributed by atoms with Gasteiger partial charge in [0.2, 0.25) is 0 Å². The zero-order chi connectivity index (χ0) is 19.2. The van der Waals surface area contributed by atoms with Crippen molar-refractivity contribution < 1.29 is 4.79 Å². The summed E-state index contributed by atoms with van der Waals surface area (Å²) in [6.07, 6.45) is 1.88. The molecule has 0 spiro atoms. The quantitative estimate of drug-likeness (QED) is 0.778. The molecule has 7 heteroatoms. The third-order valence-corrected chi connectivity index (χ3v) is 5.31. The van der Waals surface area contributed by atoms with Crippen LogP contribution in [0.25, 0.3) is 17.1 Å². The van der Waals surface area contributed by atoms with Crippen LogP contribution in [0.4, 0.5) is 0 Å². The molecule has 0 aliphatic carbocycles. The molecular weight excluding hydrogens is 348 g/mol. The number of carbonyl (C=O) groups excluding carboxylic acids is 1. The summed E-state index contributed by atoms with van der Waals surface area (Å²) in [7, 11) is 3.51. The van der Waals surface area contributed by atoms with Gasteiger partial charge in [-0.25, -0.2) is 4.79 Å². The standard InChI is InChI=1S/C19H24N4O2S/c1-11(2)20-18-23(12(3)4)17(24)16(26-18)10-13-7-8-14-15(9-13)22(6)19(25)21(14)5/h7-12H,1-6H3/b16-10+,20-18?. The number of hydrogen-bond donors (Lipinski definition) is 0. The van der Waals surface area contributed by atoms with Crippen LogP contribution in [-0.2, 0) is 18.9 Å². The Bertz CT molecular complexity index is 995. The van der Waals surface area contributed by atoms with Crippen molar-refractivity contribution in [1.29, 1.82) is 0 Å². The van der Waals surface area contributed by atoms with Gasteiger partial charge in [-0.3, -0.25) is 23.8 Å². The maximum atomic E-state index is 12.8. The normalized spacial score (nSPS) is 18.5. The van der Waals surface area contributed by atoms with E-state index < -0.39 is 0 Å². The molecule has 2 heterocycles. The molecule has 26 heavy (non-hydrogen) atoms. The summed E-state index contributed by atoms with van der Waals surface area (Å²) in [5.74, 6) is -0.0218. The second-order valence-corrected chi connectivity index (χ2v) is 8.04. The number of aliphatic imine (C=N–C) groups is 1. The van der Waals surface area contributed by atoms with Crippen LogP contribution in [0.5, 0.6) is 0 Å². The zero-order valence-corrected chi connectivity index (χ0v) is 16.8. The summed E-state index contributed by atoms with van der Waals surface area (Å²) < 4.78 is 3.24. The third-order valence-electron chi connectivity index (χ3n) is 4.32. The number of fused-ring (bicyclic) bond motifs is 1. The van der Waals surface area contributed by atoms with Crippen LogP contribution in [0.2, 0.25) is 0 Å². The van der Waals surface area contributed by atoms with Gasteiger partial charge in [-0.05, 0) is 63.2 Å². The molecule has 0 unspecified atom stereocenters. The largest absolute Gasteiger partial charge is 0.328 e. The van der Waals surface area contributed by atoms with Crippen molar-refractivity contribution in [1.82, 2.24) is 14.0 Å². The van der Waals surface area contributed by atoms with E-state index in [2.05, 4.69) is 4.99 Å². The Kier molecular flexibility index (Phi) is 4.84. The van der Waals surface area contributed by atoms with Gasteiger partial charge in [-0.1, -0.05) is 6.07 Å². The molecule has 138 valence electrons. The van der Waals surface area contributed by atoms with Crippen LogP contribution in [0.1, 0.15) is 33.3 Å². The molecule has 1 aromatic heterocycles. The van der Waals surface area contributed by atoms with E-state index in [-0.39, 0.29) is 23.7 Å². The van der Waals surface area contributed by atoms with Gasteiger partial charge >= 0.3 is 5.69 Å². The summed E-state index contributed by atoms with van der Waals surface area (Å²) in [6.45, 7) is 7.98. The molecule has 2 aromatic rings. The van der Waals surface area contributed by atoms with Gasteiger partial charge in [-0.15, -0.1) is 0 Å². The highest BCUT2D eigenvalue weighted by molar-refractivity contribution is 8.18. The smallest absolute Gasteiger partial charge is 0.295 e. The fourth-order valence-electron chi connectivity index (χ4n) is 3.02. The van der Waals surface area contributed by atoms with Crippen LogP contribution in [0.15, 0.2) is 32.9 Å². The number of rotatable bonds is 3. The van der Waals surface area contributed by atoms with E-state index in [1.165, 1.54) is 11.8 Å². The second-order valence-electron chi connectivity index (χ2n) is 7.03. The van der Waals surface area contributed by atoms with Gasteiger partial charge in [0.05, 0.1) is 15.9 Å². The lowest BCUT2D eigenvalue weighted by Crippen LogP contribution is -2.35. The molecule has 1 aliphatic rings. The van der Waals surface area contributed by atoms with E-state index in [9.17, 15) is 9.59 Å². The highest BCUT2D eigenvalue weighted by Crippen LogP contribution is 2.34. The van der Waals surface area contributed by atoms with E-state index in [0.717, 1.165) is 21.8 Å². The predicted octanol–water partition coefficient (Wildman–Crippen LogP) is 2.97. The Morgan fingerprint density at radius 2 is 1.69 bits per heavy atom. The average molecular weight is 372 g/mol. The number of imidazole rings is 1. The minimum absolute atomic E-state index is 0.0218. The molecule has 0 radical (unpaired) electrons. The van der Waals surface area contributed by atoms with Gasteiger partial charge < -0.3 is 0 Å². The number of hydrogen-bond acceptors (Lipinski definition) is 4. The Morgan fingerprint density at radius 3 is 2.31 bits per heavy atom. The average Bonchev–Trinajstić information content (AvgIpc) is 2.97. The maximum Gasteiger partial charge on any atom is 0.328 e. The number of carbonyl (C=O) groups is 1. The van der Waals surface area contributed by atoms with Gasteiger partial charge in [0.15, 0.2) is 5.17 Å². The molecule has 1 aliphatic heterocycles. The molecule has 0 atom stereocenters. The molecule has 1 amide bonds. The highest BCUT2D eigenvalue weighted by atomic mass is 32.2. The number of nitrogens with zero attached hydrogens (tertiary/aromatic N) is 4. The van der Waals surface area contributed by atoms with Crippen molar-refractivity contribution in [3.63, 3.8) is 0 Å². The molecule has 1 fully saturated rings. The first-order valence-corrected chi connectivity index (χ1v) is 9.48. The summed E-state index contributed by atoms with van der Waals surface area (Å²) in [5, 5.41) is 0.749. The third kappa shape index (κ3) is 3.11. The molecule has 1 aromatic carbocycles. The summed E-state index contributed by atoms with van der Waals surface area (Å²) >= 11 is 1.41. The highest BCUT2D eigenvalue weighted by Gasteiger charge is 2.35. The molecule has 0 bridgehead atoms. The SMILES string of the molecule is CC(C)N=C1S/C(=C/c2ccc3c(c2)n(C)c(=O)n3C)C(=O)N1C(C)C. The zero-order valence-electron chi connectivity index (χ0n) is 16.0.